The molecule has 4 aromatic rings. The molecule has 7 heteroatoms. The average Bonchev–Trinajstić information content (AvgIpc) is 3.39. The summed E-state index contributed by atoms with van der Waals surface area (Å²) in [5, 5.41) is 15.1. The van der Waals surface area contributed by atoms with Gasteiger partial charge in [0.25, 0.3) is 5.91 Å². The lowest BCUT2D eigenvalue weighted by atomic mass is 9.88. The van der Waals surface area contributed by atoms with Crippen molar-refractivity contribution in [2.75, 3.05) is 26.2 Å². The highest BCUT2D eigenvalue weighted by Gasteiger charge is 2.36. The van der Waals surface area contributed by atoms with Crippen LogP contribution in [-0.4, -0.2) is 48.1 Å². The van der Waals surface area contributed by atoms with Crippen LogP contribution in [0.1, 0.15) is 40.4 Å². The molecule has 1 heterocycles. The fourth-order valence-electron chi connectivity index (χ4n) is 5.41. The van der Waals surface area contributed by atoms with Gasteiger partial charge in [-0.25, -0.2) is 4.79 Å². The third-order valence-electron chi connectivity index (χ3n) is 7.40. The fourth-order valence-corrected chi connectivity index (χ4v) is 5.41. The Hall–Kier alpha value is -3.87. The molecular formula is C32H33ClN2O4. The minimum absolute atomic E-state index is 0. The second-order valence-corrected chi connectivity index (χ2v) is 9.89. The van der Waals surface area contributed by atoms with Crippen LogP contribution < -0.4 is 10.1 Å². The zero-order valence-corrected chi connectivity index (χ0v) is 22.6. The van der Waals surface area contributed by atoms with Gasteiger partial charge in [0.2, 0.25) is 0 Å². The van der Waals surface area contributed by atoms with Crippen LogP contribution in [0.25, 0.3) is 10.8 Å². The summed E-state index contributed by atoms with van der Waals surface area (Å²) in [6.07, 6.45) is 0. The van der Waals surface area contributed by atoms with E-state index >= 15 is 0 Å². The van der Waals surface area contributed by atoms with Gasteiger partial charge in [0.1, 0.15) is 5.75 Å². The highest BCUT2D eigenvalue weighted by molar-refractivity contribution is 5.94. The molecule has 2 N–H and O–H groups in total. The van der Waals surface area contributed by atoms with Crippen molar-refractivity contribution < 1.29 is 19.4 Å². The summed E-state index contributed by atoms with van der Waals surface area (Å²) < 4.78 is 5.20. The van der Waals surface area contributed by atoms with Crippen molar-refractivity contribution in [2.24, 2.45) is 5.92 Å². The van der Waals surface area contributed by atoms with E-state index in [0.717, 1.165) is 6.54 Å². The molecule has 1 fully saturated rings. The first-order valence-electron chi connectivity index (χ1n) is 13.0. The van der Waals surface area contributed by atoms with E-state index in [1.54, 1.807) is 24.3 Å². The van der Waals surface area contributed by atoms with Crippen molar-refractivity contribution in [2.45, 2.75) is 18.9 Å². The van der Waals surface area contributed by atoms with Gasteiger partial charge in [-0.15, -0.1) is 12.4 Å². The predicted octanol–water partition coefficient (Wildman–Crippen LogP) is 5.93. The molecule has 1 saturated heterocycles. The Kier molecular flexibility index (Phi) is 9.23. The number of halogens is 1. The Bertz CT molecular complexity index is 1410. The molecule has 5 rings (SSSR count). The first-order valence-corrected chi connectivity index (χ1v) is 13.0. The molecule has 0 spiro atoms. The minimum Gasteiger partial charge on any atom is -0.482 e. The van der Waals surface area contributed by atoms with Crippen molar-refractivity contribution in [1.29, 1.82) is 0 Å². The summed E-state index contributed by atoms with van der Waals surface area (Å²) in [6, 6.07) is 32.2. The van der Waals surface area contributed by atoms with Crippen LogP contribution in [-0.2, 0) is 4.79 Å². The Balaban J connectivity index is 0.00000353. The molecule has 6 nitrogen and oxygen atoms in total. The fraction of sp³-hybridized carbons (Fsp3) is 0.250. The largest absolute Gasteiger partial charge is 0.482 e. The Morgan fingerprint density at radius 3 is 2.36 bits per heavy atom. The lowest BCUT2D eigenvalue weighted by molar-refractivity contribution is -0.139. The zero-order valence-electron chi connectivity index (χ0n) is 21.8. The third kappa shape index (κ3) is 6.59. The Morgan fingerprint density at radius 1 is 0.923 bits per heavy atom. The van der Waals surface area contributed by atoms with E-state index in [-0.39, 0.29) is 36.2 Å². The number of likely N-dealkylation sites (tertiary alicyclic amines) is 1. The first kappa shape index (κ1) is 28.1. The van der Waals surface area contributed by atoms with Gasteiger partial charge in [-0.2, -0.15) is 0 Å². The lowest BCUT2D eigenvalue weighted by Crippen LogP contribution is -2.32. The molecule has 3 atom stereocenters. The maximum atomic E-state index is 13.4. The summed E-state index contributed by atoms with van der Waals surface area (Å²) in [7, 11) is 0. The number of nitrogens with zero attached hydrogens (tertiary/aromatic N) is 1. The second-order valence-electron chi connectivity index (χ2n) is 9.89. The highest BCUT2D eigenvalue weighted by Crippen LogP contribution is 2.34. The normalized spacial score (nSPS) is 17.4. The van der Waals surface area contributed by atoms with Crippen molar-refractivity contribution >= 4 is 35.1 Å². The topological polar surface area (TPSA) is 78.9 Å². The van der Waals surface area contributed by atoms with Crippen LogP contribution in [0.4, 0.5) is 0 Å². The number of nitrogens with one attached hydrogen (secondary N) is 1. The van der Waals surface area contributed by atoms with Crippen LogP contribution in [0.2, 0.25) is 0 Å². The van der Waals surface area contributed by atoms with E-state index < -0.39 is 12.6 Å². The molecule has 4 aromatic carbocycles. The number of amides is 1. The summed E-state index contributed by atoms with van der Waals surface area (Å²) in [5.41, 5.74) is 3.08. The van der Waals surface area contributed by atoms with Gasteiger partial charge >= 0.3 is 5.97 Å². The maximum absolute atomic E-state index is 13.4. The molecule has 1 aliphatic rings. The van der Waals surface area contributed by atoms with E-state index in [2.05, 4.69) is 79.0 Å². The van der Waals surface area contributed by atoms with Crippen molar-refractivity contribution in [3.63, 3.8) is 0 Å². The number of rotatable bonds is 9. The molecule has 39 heavy (non-hydrogen) atoms. The summed E-state index contributed by atoms with van der Waals surface area (Å²) in [4.78, 5) is 26.1. The number of carboxylic acids is 1. The lowest BCUT2D eigenvalue weighted by Gasteiger charge is -2.23. The number of carbonyl (C=O) groups excluding carboxylic acids is 1. The van der Waals surface area contributed by atoms with Crippen LogP contribution in [0.3, 0.4) is 0 Å². The number of carbonyl (C=O) groups is 2. The maximum Gasteiger partial charge on any atom is 0.341 e. The quantitative estimate of drug-likeness (QED) is 0.273. The molecule has 1 aliphatic heterocycles. The van der Waals surface area contributed by atoms with Crippen LogP contribution in [0, 0.1) is 5.92 Å². The van der Waals surface area contributed by atoms with Gasteiger partial charge in [0.15, 0.2) is 6.61 Å². The summed E-state index contributed by atoms with van der Waals surface area (Å²) in [5.74, 6) is -0.150. The van der Waals surface area contributed by atoms with Crippen molar-refractivity contribution in [3.8, 4) is 5.75 Å². The molecule has 0 bridgehead atoms. The standard InChI is InChI=1S/C32H32N2O4.ClH/c1-22(28-13-7-11-23-10-5-6-12-29(23)28)33-18-26-19-34(20-30(26)24-8-3-2-4-9-24)32(37)25-14-16-27(17-15-25)38-21-31(35)36;/h2-17,22,26,30,33H,18-21H2,1H3,(H,35,36);1H/t22-,26-,30-;/m1./s1. The van der Waals surface area contributed by atoms with E-state index in [9.17, 15) is 9.59 Å². The van der Waals surface area contributed by atoms with Gasteiger partial charge in [-0.3, -0.25) is 4.79 Å². The van der Waals surface area contributed by atoms with Crippen molar-refractivity contribution in [1.82, 2.24) is 10.2 Å². The van der Waals surface area contributed by atoms with E-state index in [4.69, 9.17) is 9.84 Å². The first-order chi connectivity index (χ1) is 18.5. The minimum atomic E-state index is -1.04. The molecular weight excluding hydrogens is 512 g/mol. The monoisotopic (exact) mass is 544 g/mol. The van der Waals surface area contributed by atoms with Gasteiger partial charge in [0, 0.05) is 37.2 Å². The van der Waals surface area contributed by atoms with Gasteiger partial charge < -0.3 is 20.1 Å². The molecule has 202 valence electrons. The highest BCUT2D eigenvalue weighted by atomic mass is 35.5. The molecule has 0 aliphatic carbocycles. The number of fused-ring (bicyclic) bond motifs is 1. The number of carboxylic acid groups (broad SMARTS) is 1. The second kappa shape index (κ2) is 12.8. The van der Waals surface area contributed by atoms with Gasteiger partial charge in [-0.05, 0) is 59.0 Å². The number of hydrogen-bond donors (Lipinski definition) is 2. The van der Waals surface area contributed by atoms with Crippen LogP contribution in [0.5, 0.6) is 5.75 Å². The number of hydrogen-bond acceptors (Lipinski definition) is 4. The predicted molar refractivity (Wildman–Crippen MR) is 156 cm³/mol. The summed E-state index contributed by atoms with van der Waals surface area (Å²) >= 11 is 0. The Morgan fingerprint density at radius 2 is 1.62 bits per heavy atom. The Labute approximate surface area is 235 Å². The zero-order chi connectivity index (χ0) is 26.5. The smallest absolute Gasteiger partial charge is 0.341 e. The SMILES string of the molecule is C[C@@H](NC[C@@H]1CN(C(=O)c2ccc(OCC(=O)O)cc2)C[C@@H]1c1ccccc1)c1cccc2ccccc12.Cl. The number of ether oxygens (including phenoxy) is 1. The average molecular weight is 545 g/mol. The summed E-state index contributed by atoms with van der Waals surface area (Å²) in [6.45, 7) is 3.88. The molecule has 0 aromatic heterocycles. The van der Waals surface area contributed by atoms with E-state index in [1.807, 2.05) is 11.0 Å². The molecule has 0 saturated carbocycles. The van der Waals surface area contributed by atoms with E-state index in [1.165, 1.54) is 21.9 Å². The van der Waals surface area contributed by atoms with E-state index in [0.29, 0.717) is 24.4 Å². The van der Waals surface area contributed by atoms with Gasteiger partial charge in [-0.1, -0.05) is 72.8 Å². The number of benzene rings is 4. The van der Waals surface area contributed by atoms with Crippen molar-refractivity contribution in [3.05, 3.63) is 114 Å². The molecule has 0 radical (unpaired) electrons. The molecule has 1 amide bonds. The van der Waals surface area contributed by atoms with Crippen LogP contribution in [0.15, 0.2) is 97.1 Å². The van der Waals surface area contributed by atoms with Gasteiger partial charge in [0.05, 0.1) is 0 Å². The third-order valence-corrected chi connectivity index (χ3v) is 7.40. The van der Waals surface area contributed by atoms with Crippen LogP contribution >= 0.6 is 12.4 Å². The number of aliphatic carboxylic acids is 1. The molecule has 0 unspecified atom stereocenters.